The first kappa shape index (κ1) is 15.8. The summed E-state index contributed by atoms with van der Waals surface area (Å²) < 4.78 is 13.8. The van der Waals surface area contributed by atoms with E-state index in [4.69, 9.17) is 0 Å². The maximum Gasteiger partial charge on any atom is 0.320 e. The molecule has 5 nitrogen and oxygen atoms in total. The average molecular weight is 319 g/mol. The van der Waals surface area contributed by atoms with Gasteiger partial charge in [-0.25, -0.2) is 9.18 Å². The van der Waals surface area contributed by atoms with Gasteiger partial charge in [0.2, 0.25) is 5.91 Å². The minimum Gasteiger partial charge on any atom is -0.336 e. The van der Waals surface area contributed by atoms with E-state index in [1.807, 2.05) is 18.2 Å². The second-order valence-electron chi connectivity index (χ2n) is 6.46. The Kier molecular flexibility index (Phi) is 4.24. The zero-order valence-corrected chi connectivity index (χ0v) is 13.5. The van der Waals surface area contributed by atoms with Crippen molar-refractivity contribution >= 4 is 11.9 Å². The first-order valence-electron chi connectivity index (χ1n) is 7.95. The van der Waals surface area contributed by atoms with E-state index in [1.165, 1.54) is 15.4 Å². The highest BCUT2D eigenvalue weighted by Gasteiger charge is 2.42. The van der Waals surface area contributed by atoms with Crippen LogP contribution in [0.2, 0.25) is 0 Å². The van der Waals surface area contributed by atoms with Crippen LogP contribution in [0.25, 0.3) is 0 Å². The Balaban J connectivity index is 1.76. The Labute approximate surface area is 135 Å². The first-order valence-corrected chi connectivity index (χ1v) is 7.95. The average Bonchev–Trinajstić information content (AvgIpc) is 2.94. The number of carbonyl (C=O) groups excluding carboxylic acids is 2. The molecular formula is C17H22FN3O2. The molecule has 0 spiro atoms. The predicted octanol–water partition coefficient (Wildman–Crippen LogP) is 1.67. The van der Waals surface area contributed by atoms with Gasteiger partial charge in [-0.05, 0) is 17.5 Å². The zero-order chi connectivity index (χ0) is 16.6. The molecule has 1 aromatic carbocycles. The van der Waals surface area contributed by atoms with Crippen LogP contribution < -0.4 is 0 Å². The van der Waals surface area contributed by atoms with E-state index in [9.17, 15) is 14.0 Å². The van der Waals surface area contributed by atoms with Crippen molar-refractivity contribution < 1.29 is 14.0 Å². The number of halogens is 1. The van der Waals surface area contributed by atoms with E-state index in [0.717, 1.165) is 12.0 Å². The van der Waals surface area contributed by atoms with Gasteiger partial charge in [-0.3, -0.25) is 4.79 Å². The third kappa shape index (κ3) is 3.02. The van der Waals surface area contributed by atoms with Gasteiger partial charge < -0.3 is 14.7 Å². The summed E-state index contributed by atoms with van der Waals surface area (Å²) in [6.07, 6.45) is -0.240. The molecule has 0 bridgehead atoms. The second kappa shape index (κ2) is 6.18. The summed E-state index contributed by atoms with van der Waals surface area (Å²) in [4.78, 5) is 29.6. The van der Waals surface area contributed by atoms with Crippen LogP contribution in [0, 0.1) is 0 Å². The topological polar surface area (TPSA) is 43.9 Å². The van der Waals surface area contributed by atoms with Crippen LogP contribution in [0.5, 0.6) is 0 Å². The van der Waals surface area contributed by atoms with Crippen LogP contribution in [-0.4, -0.2) is 66.0 Å². The zero-order valence-electron chi connectivity index (χ0n) is 13.5. The number of hydrogen-bond donors (Lipinski definition) is 0. The van der Waals surface area contributed by atoms with Crippen LogP contribution in [0.15, 0.2) is 24.3 Å². The van der Waals surface area contributed by atoms with E-state index in [2.05, 4.69) is 6.07 Å². The van der Waals surface area contributed by atoms with Gasteiger partial charge in [-0.1, -0.05) is 24.3 Å². The summed E-state index contributed by atoms with van der Waals surface area (Å²) in [6, 6.07) is 7.06. The van der Waals surface area contributed by atoms with Gasteiger partial charge in [-0.15, -0.1) is 0 Å². The molecule has 2 atom stereocenters. The maximum absolute atomic E-state index is 13.8. The standard InChI is InChI=1S/C17H22FN3O2/c1-19(2)17(23)21-11-14(18)9-15(21)16(22)20-8-7-12-5-3-4-6-13(12)10-20/h3-6,14-15H,7-11H2,1-2H3/t14-,15-/m0/s1. The lowest BCUT2D eigenvalue weighted by molar-refractivity contribution is -0.136. The lowest BCUT2D eigenvalue weighted by atomic mass is 9.99. The second-order valence-corrected chi connectivity index (χ2v) is 6.46. The number of urea groups is 1. The minimum atomic E-state index is -1.13. The number of nitrogens with zero attached hydrogens (tertiary/aromatic N) is 3. The molecule has 0 N–H and O–H groups in total. The molecular weight excluding hydrogens is 297 g/mol. The fourth-order valence-corrected chi connectivity index (χ4v) is 3.38. The molecule has 3 rings (SSSR count). The normalized spacial score (nSPS) is 23.6. The van der Waals surface area contributed by atoms with E-state index in [1.54, 1.807) is 19.0 Å². The Bertz CT molecular complexity index is 620. The fourth-order valence-electron chi connectivity index (χ4n) is 3.38. The van der Waals surface area contributed by atoms with Gasteiger partial charge in [-0.2, -0.15) is 0 Å². The SMILES string of the molecule is CN(C)C(=O)N1C[C@@H](F)C[C@H]1C(=O)N1CCc2ccccc2C1. The molecule has 2 aliphatic rings. The van der Waals surface area contributed by atoms with Crippen molar-refractivity contribution in [3.8, 4) is 0 Å². The summed E-state index contributed by atoms with van der Waals surface area (Å²) in [6.45, 7) is 1.15. The van der Waals surface area contributed by atoms with E-state index >= 15 is 0 Å². The molecule has 0 saturated carbocycles. The Morgan fingerprint density at radius 2 is 1.91 bits per heavy atom. The molecule has 1 fully saturated rings. The molecule has 0 radical (unpaired) electrons. The molecule has 124 valence electrons. The molecule has 1 aromatic rings. The number of rotatable bonds is 1. The largest absolute Gasteiger partial charge is 0.336 e. The van der Waals surface area contributed by atoms with Crippen LogP contribution in [-0.2, 0) is 17.8 Å². The summed E-state index contributed by atoms with van der Waals surface area (Å²) in [5.74, 6) is -0.144. The minimum absolute atomic E-state index is 0.00214. The van der Waals surface area contributed by atoms with Crippen molar-refractivity contribution in [3.05, 3.63) is 35.4 Å². The van der Waals surface area contributed by atoms with Crippen LogP contribution in [0.4, 0.5) is 9.18 Å². The van der Waals surface area contributed by atoms with E-state index < -0.39 is 12.2 Å². The quantitative estimate of drug-likeness (QED) is 0.790. The number of fused-ring (bicyclic) bond motifs is 1. The van der Waals surface area contributed by atoms with Gasteiger partial charge in [0.1, 0.15) is 12.2 Å². The Morgan fingerprint density at radius 1 is 1.22 bits per heavy atom. The van der Waals surface area contributed by atoms with Crippen molar-refractivity contribution in [1.82, 2.24) is 14.7 Å². The molecule has 6 heteroatoms. The van der Waals surface area contributed by atoms with Gasteiger partial charge in [0.15, 0.2) is 0 Å². The summed E-state index contributed by atoms with van der Waals surface area (Å²) in [5.41, 5.74) is 2.39. The number of benzene rings is 1. The molecule has 0 unspecified atom stereocenters. The lowest BCUT2D eigenvalue weighted by Gasteiger charge is -2.34. The van der Waals surface area contributed by atoms with Crippen LogP contribution in [0.1, 0.15) is 17.5 Å². The number of alkyl halides is 1. The maximum atomic E-state index is 13.8. The fraction of sp³-hybridized carbons (Fsp3) is 0.529. The van der Waals surface area contributed by atoms with Crippen molar-refractivity contribution in [1.29, 1.82) is 0 Å². The van der Waals surface area contributed by atoms with E-state index in [0.29, 0.717) is 13.1 Å². The van der Waals surface area contributed by atoms with Crippen molar-refractivity contribution in [2.45, 2.75) is 31.6 Å². The smallest absolute Gasteiger partial charge is 0.320 e. The highest BCUT2D eigenvalue weighted by molar-refractivity contribution is 5.88. The number of carbonyl (C=O) groups is 2. The number of amides is 3. The molecule has 2 aliphatic heterocycles. The van der Waals surface area contributed by atoms with Crippen molar-refractivity contribution in [2.24, 2.45) is 0 Å². The Morgan fingerprint density at radius 3 is 2.61 bits per heavy atom. The highest BCUT2D eigenvalue weighted by Crippen LogP contribution is 2.26. The van der Waals surface area contributed by atoms with Gasteiger partial charge in [0, 0.05) is 33.6 Å². The Hall–Kier alpha value is -2.11. The third-order valence-corrected chi connectivity index (χ3v) is 4.61. The number of hydrogen-bond acceptors (Lipinski definition) is 2. The van der Waals surface area contributed by atoms with Crippen molar-refractivity contribution in [3.63, 3.8) is 0 Å². The molecule has 1 saturated heterocycles. The van der Waals surface area contributed by atoms with Crippen molar-refractivity contribution in [2.75, 3.05) is 27.2 Å². The molecule has 2 heterocycles. The summed E-state index contributed by atoms with van der Waals surface area (Å²) in [5, 5.41) is 0. The molecule has 0 aromatic heterocycles. The van der Waals surface area contributed by atoms with Gasteiger partial charge in [0.25, 0.3) is 0 Å². The summed E-state index contributed by atoms with van der Waals surface area (Å²) >= 11 is 0. The molecule has 23 heavy (non-hydrogen) atoms. The number of likely N-dealkylation sites (tertiary alicyclic amines) is 1. The molecule has 3 amide bonds. The molecule has 0 aliphatic carbocycles. The predicted molar refractivity (Wildman–Crippen MR) is 84.7 cm³/mol. The summed E-state index contributed by atoms with van der Waals surface area (Å²) in [7, 11) is 3.24. The lowest BCUT2D eigenvalue weighted by Crippen LogP contribution is -2.51. The van der Waals surface area contributed by atoms with Crippen LogP contribution in [0.3, 0.4) is 0 Å². The van der Waals surface area contributed by atoms with Gasteiger partial charge in [0.05, 0.1) is 6.54 Å². The van der Waals surface area contributed by atoms with Gasteiger partial charge >= 0.3 is 6.03 Å². The monoisotopic (exact) mass is 319 g/mol. The third-order valence-electron chi connectivity index (χ3n) is 4.61. The van der Waals surface area contributed by atoms with E-state index in [-0.39, 0.29) is 24.9 Å². The van der Waals surface area contributed by atoms with Crippen LogP contribution >= 0.6 is 0 Å². The highest BCUT2D eigenvalue weighted by atomic mass is 19.1. The first-order chi connectivity index (χ1) is 11.0.